The summed E-state index contributed by atoms with van der Waals surface area (Å²) in [7, 11) is 0.745. The fourth-order valence-corrected chi connectivity index (χ4v) is 1.66. The lowest BCUT2D eigenvalue weighted by Gasteiger charge is -2.25. The zero-order chi connectivity index (χ0) is 16.9. The molecule has 0 saturated carbocycles. The van der Waals surface area contributed by atoms with Crippen LogP contribution in [-0.2, 0) is 37.6 Å². The Labute approximate surface area is 142 Å². The number of methoxy groups -OCH3 is 1. The molecule has 0 radical (unpaired) electrons. The van der Waals surface area contributed by atoms with Crippen LogP contribution in [0.5, 0.6) is 0 Å². The first-order valence-corrected chi connectivity index (χ1v) is 7.98. The Morgan fingerprint density at radius 1 is 0.875 bits per heavy atom. The van der Waals surface area contributed by atoms with E-state index in [1.807, 2.05) is 0 Å². The molecule has 0 aromatic carbocycles. The molecule has 0 bridgehead atoms. The summed E-state index contributed by atoms with van der Waals surface area (Å²) in [6.45, 7) is 4.32. The summed E-state index contributed by atoms with van der Waals surface area (Å²) in [6.07, 6.45) is 6.85. The second-order valence-corrected chi connectivity index (χ2v) is 5.15. The van der Waals surface area contributed by atoms with Crippen molar-refractivity contribution < 1.29 is 37.6 Å². The van der Waals surface area contributed by atoms with Crippen molar-refractivity contribution in [3.63, 3.8) is 0 Å². The maximum Gasteiger partial charge on any atom is 0.787 e. The van der Waals surface area contributed by atoms with Crippen molar-refractivity contribution >= 4 is 7.32 Å². The molecular formula is C15H25BO8. The lowest BCUT2D eigenvalue weighted by atomic mass is 10.2. The first-order chi connectivity index (χ1) is 11.9. The average molecular weight is 344 g/mol. The van der Waals surface area contributed by atoms with Crippen molar-refractivity contribution in [2.45, 2.75) is 12.2 Å². The highest BCUT2D eigenvalue weighted by Crippen LogP contribution is 2.06. The Morgan fingerprint density at radius 3 is 1.83 bits per heavy atom. The van der Waals surface area contributed by atoms with Gasteiger partial charge in [0.15, 0.2) is 0 Å². The van der Waals surface area contributed by atoms with Gasteiger partial charge in [-0.3, -0.25) is 0 Å². The Morgan fingerprint density at radius 2 is 1.42 bits per heavy atom. The van der Waals surface area contributed by atoms with Crippen LogP contribution < -0.4 is 0 Å². The summed E-state index contributed by atoms with van der Waals surface area (Å²) in [6, 6.07) is 0. The molecule has 0 unspecified atom stereocenters. The molecule has 9 heteroatoms. The maximum absolute atomic E-state index is 5.48. The van der Waals surface area contributed by atoms with E-state index in [0.29, 0.717) is 52.9 Å². The molecule has 0 N–H and O–H groups in total. The van der Waals surface area contributed by atoms with Crippen LogP contribution in [-0.4, -0.2) is 79.5 Å². The molecular weight excluding hydrogens is 319 g/mol. The van der Waals surface area contributed by atoms with Crippen LogP contribution in [0.4, 0.5) is 0 Å². The van der Waals surface area contributed by atoms with Crippen LogP contribution in [0.3, 0.4) is 0 Å². The maximum atomic E-state index is 5.48. The average Bonchev–Trinajstić information content (AvgIpc) is 2.49. The molecule has 0 spiro atoms. The third kappa shape index (κ3) is 8.14. The first kappa shape index (κ1) is 19.2. The van der Waals surface area contributed by atoms with E-state index >= 15 is 0 Å². The normalized spacial score (nSPS) is 18.7. The number of hydrogen-bond acceptors (Lipinski definition) is 8. The van der Waals surface area contributed by atoms with E-state index in [1.165, 1.54) is 12.5 Å². The van der Waals surface area contributed by atoms with Gasteiger partial charge in [0, 0.05) is 7.11 Å². The van der Waals surface area contributed by atoms with Gasteiger partial charge in [0.05, 0.1) is 65.4 Å². The van der Waals surface area contributed by atoms with Crippen LogP contribution in [0.25, 0.3) is 0 Å². The van der Waals surface area contributed by atoms with Gasteiger partial charge in [-0.2, -0.15) is 0 Å². The highest BCUT2D eigenvalue weighted by Gasteiger charge is 2.23. The second-order valence-electron chi connectivity index (χ2n) is 5.15. The lowest BCUT2D eigenvalue weighted by molar-refractivity contribution is -0.123. The van der Waals surface area contributed by atoms with E-state index in [9.17, 15) is 0 Å². The topological polar surface area (TPSA) is 73.8 Å². The number of hydrogen-bond donors (Lipinski definition) is 0. The Kier molecular flexibility index (Phi) is 9.85. The zero-order valence-electron chi connectivity index (χ0n) is 14.0. The molecule has 2 fully saturated rings. The Balaban J connectivity index is 1.57. The summed E-state index contributed by atoms with van der Waals surface area (Å²) in [5.41, 5.74) is 0. The third-order valence-electron chi connectivity index (χ3n) is 3.18. The lowest BCUT2D eigenvalue weighted by Crippen LogP contribution is -2.36. The Hall–Kier alpha value is -1.10. The molecule has 24 heavy (non-hydrogen) atoms. The van der Waals surface area contributed by atoms with Crippen molar-refractivity contribution in [2.24, 2.45) is 0 Å². The van der Waals surface area contributed by atoms with Gasteiger partial charge in [-0.15, -0.1) is 0 Å². The Bertz CT molecular complexity index is 340. The molecule has 2 heterocycles. The summed E-state index contributed by atoms with van der Waals surface area (Å²) < 4.78 is 42.1. The highest BCUT2D eigenvalue weighted by molar-refractivity contribution is 6.36. The SMILES string of the molecule is COCCOB(O/C=C\COC1COC1)O/C=C/COC1COC1. The standard InChI is InChI=1S/C15H25BO8/c1-17-8-9-24-16(22-6-2-4-20-14-10-18-11-14)23-7-3-5-21-15-12-19-13-15/h2-3,6-7,14-15H,4-5,8-13H2,1H3/b6-2-,7-3+. The van der Waals surface area contributed by atoms with Crippen molar-refractivity contribution in [3.8, 4) is 0 Å². The van der Waals surface area contributed by atoms with Crippen LogP contribution in [0.15, 0.2) is 24.7 Å². The quantitative estimate of drug-likeness (QED) is 0.257. The molecule has 2 rings (SSSR count). The molecule has 0 aromatic rings. The molecule has 2 saturated heterocycles. The minimum atomic E-state index is -0.855. The largest absolute Gasteiger partial charge is 0.787 e. The van der Waals surface area contributed by atoms with Gasteiger partial charge in [-0.25, -0.2) is 0 Å². The smallest absolute Gasteiger partial charge is 0.508 e. The summed E-state index contributed by atoms with van der Waals surface area (Å²) >= 11 is 0. The monoisotopic (exact) mass is 344 g/mol. The van der Waals surface area contributed by atoms with E-state index in [2.05, 4.69) is 0 Å². The summed E-state index contributed by atoms with van der Waals surface area (Å²) in [5.74, 6) is 0. The van der Waals surface area contributed by atoms with Gasteiger partial charge in [-0.1, -0.05) is 0 Å². The predicted molar refractivity (Wildman–Crippen MR) is 85.2 cm³/mol. The fourth-order valence-electron chi connectivity index (χ4n) is 1.66. The van der Waals surface area contributed by atoms with E-state index in [4.69, 9.17) is 37.6 Å². The molecule has 136 valence electrons. The summed E-state index contributed by atoms with van der Waals surface area (Å²) in [4.78, 5) is 0. The van der Waals surface area contributed by atoms with Gasteiger partial charge >= 0.3 is 7.32 Å². The number of ether oxygens (including phenoxy) is 5. The van der Waals surface area contributed by atoms with E-state index < -0.39 is 7.32 Å². The second kappa shape index (κ2) is 12.3. The van der Waals surface area contributed by atoms with Crippen LogP contribution >= 0.6 is 0 Å². The first-order valence-electron chi connectivity index (χ1n) is 7.98. The molecule has 0 amide bonds. The number of rotatable bonds is 14. The minimum absolute atomic E-state index is 0.184. The van der Waals surface area contributed by atoms with Crippen LogP contribution in [0.1, 0.15) is 0 Å². The molecule has 0 atom stereocenters. The van der Waals surface area contributed by atoms with Gasteiger partial charge < -0.3 is 37.6 Å². The van der Waals surface area contributed by atoms with Gasteiger partial charge in [0.25, 0.3) is 0 Å². The van der Waals surface area contributed by atoms with Crippen LogP contribution in [0.2, 0.25) is 0 Å². The van der Waals surface area contributed by atoms with Gasteiger partial charge in [0.2, 0.25) is 0 Å². The third-order valence-corrected chi connectivity index (χ3v) is 3.18. The van der Waals surface area contributed by atoms with E-state index in [-0.39, 0.29) is 12.2 Å². The van der Waals surface area contributed by atoms with E-state index in [1.54, 1.807) is 19.3 Å². The minimum Gasteiger partial charge on any atom is -0.508 e. The van der Waals surface area contributed by atoms with Crippen molar-refractivity contribution in [2.75, 3.05) is 60.0 Å². The molecule has 0 aromatic heterocycles. The fraction of sp³-hybridized carbons (Fsp3) is 0.733. The van der Waals surface area contributed by atoms with Gasteiger partial charge in [-0.05, 0) is 12.2 Å². The summed E-state index contributed by atoms with van der Waals surface area (Å²) in [5, 5.41) is 0. The van der Waals surface area contributed by atoms with Crippen molar-refractivity contribution in [1.82, 2.24) is 0 Å². The highest BCUT2D eigenvalue weighted by atomic mass is 16.7. The molecule has 8 nitrogen and oxygen atoms in total. The van der Waals surface area contributed by atoms with Crippen molar-refractivity contribution in [1.29, 1.82) is 0 Å². The zero-order valence-corrected chi connectivity index (χ0v) is 14.0. The molecule has 2 aliphatic heterocycles. The van der Waals surface area contributed by atoms with Crippen molar-refractivity contribution in [3.05, 3.63) is 24.7 Å². The predicted octanol–water partition coefficient (Wildman–Crippen LogP) is 0.526. The molecule has 0 aliphatic carbocycles. The van der Waals surface area contributed by atoms with Crippen LogP contribution in [0, 0.1) is 0 Å². The molecule has 2 aliphatic rings. The van der Waals surface area contributed by atoms with Gasteiger partial charge in [0.1, 0.15) is 12.2 Å². The van der Waals surface area contributed by atoms with E-state index in [0.717, 1.165) is 0 Å².